The fraction of sp³-hybridized carbons (Fsp3) is 0.176. The van der Waals surface area contributed by atoms with Gasteiger partial charge in [0.2, 0.25) is 0 Å². The molecule has 126 valence electrons. The Morgan fingerprint density at radius 3 is 2.67 bits per heavy atom. The van der Waals surface area contributed by atoms with E-state index >= 15 is 0 Å². The zero-order chi connectivity index (χ0) is 17.5. The van der Waals surface area contributed by atoms with Gasteiger partial charge in [-0.05, 0) is 37.3 Å². The number of ether oxygens (including phenoxy) is 2. The number of esters is 1. The SMILES string of the molecule is C[C@@H](OC(=O)COc1ccccc1F)C(=O)Nc1cccc(Cl)c1. The Morgan fingerprint density at radius 2 is 1.96 bits per heavy atom. The number of para-hydroxylation sites is 1. The van der Waals surface area contributed by atoms with Gasteiger partial charge in [-0.1, -0.05) is 29.8 Å². The minimum absolute atomic E-state index is 0.0644. The molecule has 1 atom stereocenters. The van der Waals surface area contributed by atoms with Gasteiger partial charge in [0, 0.05) is 10.7 Å². The Morgan fingerprint density at radius 1 is 1.21 bits per heavy atom. The van der Waals surface area contributed by atoms with E-state index in [1.54, 1.807) is 30.3 Å². The average molecular weight is 352 g/mol. The molecule has 0 aliphatic heterocycles. The lowest BCUT2D eigenvalue weighted by Crippen LogP contribution is -2.31. The maximum Gasteiger partial charge on any atom is 0.344 e. The lowest BCUT2D eigenvalue weighted by Gasteiger charge is -2.14. The topological polar surface area (TPSA) is 64.6 Å². The van der Waals surface area contributed by atoms with Gasteiger partial charge >= 0.3 is 5.97 Å². The van der Waals surface area contributed by atoms with Crippen molar-refractivity contribution in [2.24, 2.45) is 0 Å². The summed E-state index contributed by atoms with van der Waals surface area (Å²) in [6, 6.07) is 12.2. The molecule has 2 rings (SSSR count). The fourth-order valence-corrected chi connectivity index (χ4v) is 1.98. The number of anilines is 1. The van der Waals surface area contributed by atoms with Crippen LogP contribution in [0, 0.1) is 5.82 Å². The van der Waals surface area contributed by atoms with E-state index in [0.29, 0.717) is 10.7 Å². The number of amides is 1. The van der Waals surface area contributed by atoms with Crippen LogP contribution in [0.25, 0.3) is 0 Å². The highest BCUT2D eigenvalue weighted by molar-refractivity contribution is 6.30. The van der Waals surface area contributed by atoms with Crippen LogP contribution in [0.15, 0.2) is 48.5 Å². The third-order valence-electron chi connectivity index (χ3n) is 2.95. The molecule has 1 N–H and O–H groups in total. The molecule has 0 unspecified atom stereocenters. The fourth-order valence-electron chi connectivity index (χ4n) is 1.79. The van der Waals surface area contributed by atoms with E-state index in [9.17, 15) is 14.0 Å². The van der Waals surface area contributed by atoms with Crippen LogP contribution in [-0.2, 0) is 14.3 Å². The summed E-state index contributed by atoms with van der Waals surface area (Å²) in [5.74, 6) is -1.95. The van der Waals surface area contributed by atoms with Crippen molar-refractivity contribution in [2.45, 2.75) is 13.0 Å². The number of hydrogen-bond acceptors (Lipinski definition) is 4. The van der Waals surface area contributed by atoms with Crippen LogP contribution in [0.2, 0.25) is 5.02 Å². The molecule has 0 radical (unpaired) electrons. The number of halogens is 2. The number of carbonyl (C=O) groups excluding carboxylic acids is 2. The Hall–Kier alpha value is -2.60. The van der Waals surface area contributed by atoms with E-state index < -0.39 is 30.4 Å². The van der Waals surface area contributed by atoms with Gasteiger partial charge in [0.1, 0.15) is 0 Å². The van der Waals surface area contributed by atoms with E-state index in [1.165, 1.54) is 25.1 Å². The van der Waals surface area contributed by atoms with Crippen LogP contribution in [0.5, 0.6) is 5.75 Å². The summed E-state index contributed by atoms with van der Waals surface area (Å²) < 4.78 is 23.3. The second-order valence-electron chi connectivity index (χ2n) is 4.85. The third-order valence-corrected chi connectivity index (χ3v) is 3.19. The van der Waals surface area contributed by atoms with Crippen LogP contribution < -0.4 is 10.1 Å². The van der Waals surface area contributed by atoms with Crippen molar-refractivity contribution < 1.29 is 23.5 Å². The van der Waals surface area contributed by atoms with E-state index in [-0.39, 0.29) is 5.75 Å². The molecular formula is C17H15ClFNO4. The number of hydrogen-bond donors (Lipinski definition) is 1. The van der Waals surface area contributed by atoms with E-state index in [0.717, 1.165) is 0 Å². The molecule has 7 heteroatoms. The van der Waals surface area contributed by atoms with Crippen molar-refractivity contribution >= 4 is 29.2 Å². The first-order valence-corrected chi connectivity index (χ1v) is 7.47. The molecular weight excluding hydrogens is 337 g/mol. The lowest BCUT2D eigenvalue weighted by atomic mass is 10.3. The van der Waals surface area contributed by atoms with Crippen molar-refractivity contribution in [1.82, 2.24) is 0 Å². The second-order valence-corrected chi connectivity index (χ2v) is 5.29. The zero-order valence-electron chi connectivity index (χ0n) is 12.8. The summed E-state index contributed by atoms with van der Waals surface area (Å²) in [6.07, 6.45) is -1.04. The average Bonchev–Trinajstić information content (AvgIpc) is 2.54. The molecule has 0 heterocycles. The highest BCUT2D eigenvalue weighted by atomic mass is 35.5. The molecule has 2 aromatic carbocycles. The van der Waals surface area contributed by atoms with Gasteiger partial charge in [0.15, 0.2) is 24.3 Å². The molecule has 5 nitrogen and oxygen atoms in total. The van der Waals surface area contributed by atoms with E-state index in [1.807, 2.05) is 0 Å². The molecule has 1 amide bonds. The van der Waals surface area contributed by atoms with Crippen molar-refractivity contribution in [3.8, 4) is 5.75 Å². The molecule has 0 aromatic heterocycles. The van der Waals surface area contributed by atoms with Crippen molar-refractivity contribution in [2.75, 3.05) is 11.9 Å². The van der Waals surface area contributed by atoms with Crippen LogP contribution in [0.4, 0.5) is 10.1 Å². The summed E-state index contributed by atoms with van der Waals surface area (Å²) >= 11 is 5.82. The van der Waals surface area contributed by atoms with Gasteiger partial charge in [-0.15, -0.1) is 0 Å². The molecule has 2 aromatic rings. The molecule has 0 spiro atoms. The van der Waals surface area contributed by atoms with Crippen LogP contribution >= 0.6 is 11.6 Å². The predicted octanol–water partition coefficient (Wildman–Crippen LogP) is 3.43. The van der Waals surface area contributed by atoms with Crippen molar-refractivity contribution in [3.63, 3.8) is 0 Å². The quantitative estimate of drug-likeness (QED) is 0.810. The minimum Gasteiger partial charge on any atom is -0.479 e. The highest BCUT2D eigenvalue weighted by Gasteiger charge is 2.18. The molecule has 0 aliphatic rings. The van der Waals surface area contributed by atoms with Gasteiger partial charge in [0.25, 0.3) is 5.91 Å². The Bertz CT molecular complexity index is 738. The first-order valence-electron chi connectivity index (χ1n) is 7.09. The summed E-state index contributed by atoms with van der Waals surface area (Å²) in [5.41, 5.74) is 0.484. The largest absolute Gasteiger partial charge is 0.479 e. The first-order chi connectivity index (χ1) is 11.5. The molecule has 0 saturated heterocycles. The summed E-state index contributed by atoms with van der Waals surface area (Å²) in [5, 5.41) is 3.04. The number of benzene rings is 2. The maximum absolute atomic E-state index is 13.4. The van der Waals surface area contributed by atoms with Crippen molar-refractivity contribution in [3.05, 3.63) is 59.4 Å². The Balaban J connectivity index is 1.82. The second kappa shape index (κ2) is 8.31. The first kappa shape index (κ1) is 17.7. The van der Waals surface area contributed by atoms with E-state index in [4.69, 9.17) is 21.1 Å². The van der Waals surface area contributed by atoms with Crippen LogP contribution in [0.1, 0.15) is 6.92 Å². The van der Waals surface area contributed by atoms with Crippen LogP contribution in [-0.4, -0.2) is 24.6 Å². The van der Waals surface area contributed by atoms with E-state index in [2.05, 4.69) is 5.32 Å². The third kappa shape index (κ3) is 5.24. The normalized spacial score (nSPS) is 11.5. The number of carbonyl (C=O) groups is 2. The maximum atomic E-state index is 13.4. The van der Waals surface area contributed by atoms with Gasteiger partial charge in [0.05, 0.1) is 0 Å². The van der Waals surface area contributed by atoms with Gasteiger partial charge in [-0.25, -0.2) is 9.18 Å². The highest BCUT2D eigenvalue weighted by Crippen LogP contribution is 2.16. The molecule has 0 bridgehead atoms. The zero-order valence-corrected chi connectivity index (χ0v) is 13.5. The Labute approximate surface area is 143 Å². The Kier molecular flexibility index (Phi) is 6.14. The molecule has 0 fully saturated rings. The number of rotatable bonds is 6. The molecule has 24 heavy (non-hydrogen) atoms. The summed E-state index contributed by atoms with van der Waals surface area (Å²) in [7, 11) is 0. The van der Waals surface area contributed by atoms with Gasteiger partial charge in [-0.3, -0.25) is 4.79 Å². The van der Waals surface area contributed by atoms with Crippen molar-refractivity contribution in [1.29, 1.82) is 0 Å². The summed E-state index contributed by atoms with van der Waals surface area (Å²) in [6.45, 7) is 0.913. The predicted molar refractivity (Wildman–Crippen MR) is 87.5 cm³/mol. The monoisotopic (exact) mass is 351 g/mol. The number of nitrogens with one attached hydrogen (secondary N) is 1. The smallest absolute Gasteiger partial charge is 0.344 e. The standard InChI is InChI=1S/C17H15ClFNO4/c1-11(17(22)20-13-6-4-5-12(18)9-13)24-16(21)10-23-15-8-3-2-7-14(15)19/h2-9,11H,10H2,1H3,(H,20,22)/t11-/m1/s1. The molecule has 0 aliphatic carbocycles. The summed E-state index contributed by atoms with van der Waals surface area (Å²) in [4.78, 5) is 23.6. The minimum atomic E-state index is -1.04. The van der Waals surface area contributed by atoms with Gasteiger partial charge < -0.3 is 14.8 Å². The van der Waals surface area contributed by atoms with Gasteiger partial charge in [-0.2, -0.15) is 0 Å². The molecule has 0 saturated carbocycles. The lowest BCUT2D eigenvalue weighted by molar-refractivity contribution is -0.155. The van der Waals surface area contributed by atoms with Crippen LogP contribution in [0.3, 0.4) is 0 Å².